The van der Waals surface area contributed by atoms with E-state index in [1.54, 1.807) is 0 Å². The first-order valence-electron chi connectivity index (χ1n) is 2.62. The van der Waals surface area contributed by atoms with Gasteiger partial charge in [-0.3, -0.25) is 0 Å². The molecule has 0 heterocycles. The largest absolute Gasteiger partial charge is 0.330 e. The fraction of sp³-hybridized carbons (Fsp3) is 1.00. The second kappa shape index (κ2) is 7.84. The van der Waals surface area contributed by atoms with Crippen LogP contribution in [0.4, 0.5) is 0 Å². The molecule has 2 N–H and O–H groups in total. The summed E-state index contributed by atoms with van der Waals surface area (Å²) in [6, 6.07) is 0. The van der Waals surface area contributed by atoms with Crippen molar-refractivity contribution in [2.75, 3.05) is 27.2 Å². The Morgan fingerprint density at radius 1 is 1.38 bits per heavy atom. The summed E-state index contributed by atoms with van der Waals surface area (Å²) in [7, 11) is 4.10. The molecule has 8 heavy (non-hydrogen) atoms. The van der Waals surface area contributed by atoms with Gasteiger partial charge in [-0.25, -0.2) is 0 Å². The molecule has 0 unspecified atom stereocenters. The van der Waals surface area contributed by atoms with Crippen molar-refractivity contribution in [3.8, 4) is 0 Å². The fourth-order valence-corrected chi connectivity index (χ4v) is 0.408. The van der Waals surface area contributed by atoms with Gasteiger partial charge in [0.25, 0.3) is 0 Å². The molecule has 0 aromatic rings. The minimum atomic E-state index is 0. The third kappa shape index (κ3) is 9.96. The maximum atomic E-state index is 5.25. The maximum Gasteiger partial charge on any atom is 0 e. The van der Waals surface area contributed by atoms with Crippen LogP contribution in [0.1, 0.15) is 6.42 Å². The second-order valence-corrected chi connectivity index (χ2v) is 1.95. The van der Waals surface area contributed by atoms with Crippen LogP contribution in [0.15, 0.2) is 0 Å². The van der Waals surface area contributed by atoms with Crippen LogP contribution in [-0.4, -0.2) is 59.4 Å². The molecule has 0 aliphatic heterocycles. The summed E-state index contributed by atoms with van der Waals surface area (Å²) in [6.45, 7) is 1.91. The molecule has 0 aliphatic carbocycles. The zero-order valence-electron chi connectivity index (χ0n) is 5.65. The molecule has 3 heteroatoms. The molecule has 0 aliphatic rings. The number of nitrogens with two attached hydrogens (primary N) is 1. The Hall–Kier alpha value is 0.842. The summed E-state index contributed by atoms with van der Waals surface area (Å²) < 4.78 is 0. The Morgan fingerprint density at radius 2 is 1.88 bits per heavy atom. The van der Waals surface area contributed by atoms with Gasteiger partial charge in [0, 0.05) is 27.3 Å². The van der Waals surface area contributed by atoms with Gasteiger partial charge in [0.2, 0.25) is 0 Å². The Morgan fingerprint density at radius 3 is 2.00 bits per heavy atom. The van der Waals surface area contributed by atoms with E-state index in [9.17, 15) is 0 Å². The van der Waals surface area contributed by atoms with Crippen LogP contribution in [0, 0.1) is 0 Å². The number of nitrogens with zero attached hydrogens (tertiary/aromatic N) is 1. The normalized spacial score (nSPS) is 9.00. The first kappa shape index (κ1) is 11.6. The van der Waals surface area contributed by atoms with Crippen LogP contribution in [0.2, 0.25) is 0 Å². The van der Waals surface area contributed by atoms with Crippen molar-refractivity contribution in [2.24, 2.45) is 5.73 Å². The van der Waals surface area contributed by atoms with Crippen LogP contribution < -0.4 is 5.73 Å². The minimum absolute atomic E-state index is 0. The third-order valence-corrected chi connectivity index (χ3v) is 0.809. The molecular weight excluding hydrogens is 295 g/mol. The predicted molar refractivity (Wildman–Crippen MR) is 38.0 cm³/mol. The molecule has 0 amide bonds. The summed E-state index contributed by atoms with van der Waals surface area (Å²) in [4.78, 5) is 2.13. The summed E-state index contributed by atoms with van der Waals surface area (Å²) in [5.74, 6) is 0. The van der Waals surface area contributed by atoms with E-state index in [4.69, 9.17) is 5.73 Å². The smallest absolute Gasteiger partial charge is 0 e. The van der Waals surface area contributed by atoms with E-state index < -0.39 is 0 Å². The van der Waals surface area contributed by atoms with Crippen LogP contribution in [0.25, 0.3) is 0 Å². The van der Waals surface area contributed by atoms with Gasteiger partial charge in [-0.1, -0.05) is 0 Å². The summed E-state index contributed by atoms with van der Waals surface area (Å²) in [5, 5.41) is 0. The standard InChI is InChI=1S/C5H14N2.Pb/c1-7(2)5-3-4-6;/h3-6H2,1-2H3;. The van der Waals surface area contributed by atoms with Crippen molar-refractivity contribution in [3.63, 3.8) is 0 Å². The first-order valence-corrected chi connectivity index (χ1v) is 2.62. The van der Waals surface area contributed by atoms with Gasteiger partial charge in [0.05, 0.1) is 0 Å². The van der Waals surface area contributed by atoms with Crippen LogP contribution in [0.5, 0.6) is 0 Å². The molecule has 0 rings (SSSR count). The molecule has 4 radical (unpaired) electrons. The number of rotatable bonds is 3. The van der Waals surface area contributed by atoms with Crippen molar-refractivity contribution in [2.45, 2.75) is 6.42 Å². The van der Waals surface area contributed by atoms with Gasteiger partial charge in [-0.05, 0) is 33.6 Å². The molecule has 0 aromatic carbocycles. The van der Waals surface area contributed by atoms with E-state index >= 15 is 0 Å². The fourth-order valence-electron chi connectivity index (χ4n) is 0.408. The van der Waals surface area contributed by atoms with Crippen molar-refractivity contribution in [1.82, 2.24) is 4.90 Å². The second-order valence-electron chi connectivity index (χ2n) is 1.95. The summed E-state index contributed by atoms with van der Waals surface area (Å²) in [6.07, 6.45) is 1.10. The molecule has 2 nitrogen and oxygen atoms in total. The van der Waals surface area contributed by atoms with Crippen molar-refractivity contribution in [1.29, 1.82) is 0 Å². The molecule has 0 bridgehead atoms. The van der Waals surface area contributed by atoms with E-state index in [1.165, 1.54) is 0 Å². The monoisotopic (exact) mass is 310 g/mol. The van der Waals surface area contributed by atoms with Crippen LogP contribution in [-0.2, 0) is 0 Å². The van der Waals surface area contributed by atoms with Gasteiger partial charge < -0.3 is 10.6 Å². The van der Waals surface area contributed by atoms with E-state index in [0.717, 1.165) is 19.5 Å². The quantitative estimate of drug-likeness (QED) is 0.714. The Balaban J connectivity index is 0. The molecule has 0 atom stereocenters. The minimum Gasteiger partial charge on any atom is -0.330 e. The molecule has 0 spiro atoms. The first-order chi connectivity index (χ1) is 3.27. The summed E-state index contributed by atoms with van der Waals surface area (Å²) >= 11 is 0. The summed E-state index contributed by atoms with van der Waals surface area (Å²) in [5.41, 5.74) is 5.25. The Kier molecular flexibility index (Phi) is 11.4. The van der Waals surface area contributed by atoms with E-state index in [-0.39, 0.29) is 27.3 Å². The Labute approximate surface area is 71.6 Å². The molecule has 0 aromatic heterocycles. The number of hydrogen-bond donors (Lipinski definition) is 1. The topological polar surface area (TPSA) is 29.3 Å². The van der Waals surface area contributed by atoms with Gasteiger partial charge >= 0.3 is 0 Å². The maximum absolute atomic E-state index is 5.25. The van der Waals surface area contributed by atoms with Gasteiger partial charge in [0.15, 0.2) is 0 Å². The van der Waals surface area contributed by atoms with E-state index in [0.29, 0.717) is 0 Å². The third-order valence-electron chi connectivity index (χ3n) is 0.809. The molecular formula is C5H14N2Pb. The van der Waals surface area contributed by atoms with Crippen molar-refractivity contribution in [3.05, 3.63) is 0 Å². The zero-order chi connectivity index (χ0) is 5.70. The molecule has 0 saturated carbocycles. The molecule has 0 saturated heterocycles. The van der Waals surface area contributed by atoms with Crippen molar-refractivity contribution < 1.29 is 0 Å². The van der Waals surface area contributed by atoms with Gasteiger partial charge in [0.1, 0.15) is 0 Å². The van der Waals surface area contributed by atoms with Crippen LogP contribution in [0.3, 0.4) is 0 Å². The van der Waals surface area contributed by atoms with Gasteiger partial charge in [-0.15, -0.1) is 0 Å². The number of hydrogen-bond acceptors (Lipinski definition) is 2. The van der Waals surface area contributed by atoms with E-state index in [1.807, 2.05) is 0 Å². The Bertz CT molecular complexity index is 39.4. The van der Waals surface area contributed by atoms with Crippen LogP contribution >= 0.6 is 0 Å². The van der Waals surface area contributed by atoms with Gasteiger partial charge in [-0.2, -0.15) is 0 Å². The van der Waals surface area contributed by atoms with Crippen molar-refractivity contribution >= 4 is 27.3 Å². The SMILES string of the molecule is CN(C)CCCN.[Pb]. The zero-order valence-corrected chi connectivity index (χ0v) is 9.53. The average Bonchev–Trinajstić information content (AvgIpc) is 1.61. The average molecular weight is 309 g/mol. The molecule has 48 valence electrons. The molecule has 0 fully saturated rings. The predicted octanol–water partition coefficient (Wildman–Crippen LogP) is -0.484. The van der Waals surface area contributed by atoms with E-state index in [2.05, 4.69) is 19.0 Å².